The summed E-state index contributed by atoms with van der Waals surface area (Å²) in [7, 11) is 1.45. The van der Waals surface area contributed by atoms with Gasteiger partial charge in [0.25, 0.3) is 0 Å². The Morgan fingerprint density at radius 1 is 0.903 bits per heavy atom. The van der Waals surface area contributed by atoms with Crippen LogP contribution in [0.1, 0.15) is 44.3 Å². The Kier molecular flexibility index (Phi) is 9.31. The van der Waals surface area contributed by atoms with E-state index < -0.39 is 0 Å². The Bertz CT molecular complexity index is 867. The van der Waals surface area contributed by atoms with Gasteiger partial charge >= 0.3 is 5.97 Å². The third kappa shape index (κ3) is 7.00. The zero-order chi connectivity index (χ0) is 22.2. The van der Waals surface area contributed by atoms with Gasteiger partial charge in [-0.15, -0.1) is 0 Å². The van der Waals surface area contributed by atoms with Gasteiger partial charge in [-0.05, 0) is 50.9 Å². The number of imidazole rings is 1. The highest BCUT2D eigenvalue weighted by Gasteiger charge is 2.17. The van der Waals surface area contributed by atoms with E-state index >= 15 is 0 Å². The molecule has 0 saturated carbocycles. The first-order valence-electron chi connectivity index (χ1n) is 11.1. The number of aromatic nitrogens is 4. The molecular weight excluding hydrogens is 439 g/mol. The molecule has 0 amide bonds. The Morgan fingerprint density at radius 3 is 2.16 bits per heavy atom. The van der Waals surface area contributed by atoms with Gasteiger partial charge in [-0.3, -0.25) is 4.79 Å². The highest BCUT2D eigenvalue weighted by atomic mass is 35.5. The number of ether oxygens (including phenoxy) is 1. The SMILES string of the molecule is COC(=O)CCCN1CCN(CCCCCCn2c(C)nc3nc(Cl)nc(Cl)c32)CC1. The highest BCUT2D eigenvalue weighted by Crippen LogP contribution is 2.24. The number of nitrogens with zero attached hydrogens (tertiary/aromatic N) is 6. The minimum absolute atomic E-state index is 0.115. The van der Waals surface area contributed by atoms with Crippen LogP contribution in [0.4, 0.5) is 0 Å². The minimum Gasteiger partial charge on any atom is -0.469 e. The van der Waals surface area contributed by atoms with Crippen LogP contribution in [0.5, 0.6) is 0 Å². The number of methoxy groups -OCH3 is 1. The molecule has 0 spiro atoms. The molecule has 0 aliphatic carbocycles. The summed E-state index contributed by atoms with van der Waals surface area (Å²) in [4.78, 5) is 28.9. The second-order valence-corrected chi connectivity index (χ2v) is 8.74. The van der Waals surface area contributed by atoms with E-state index in [-0.39, 0.29) is 11.3 Å². The van der Waals surface area contributed by atoms with Crippen molar-refractivity contribution >= 4 is 40.3 Å². The average Bonchev–Trinajstić information content (AvgIpc) is 3.06. The summed E-state index contributed by atoms with van der Waals surface area (Å²) in [5.41, 5.74) is 1.33. The molecule has 0 bridgehead atoms. The topological polar surface area (TPSA) is 76.4 Å². The van der Waals surface area contributed by atoms with Crippen molar-refractivity contribution in [1.82, 2.24) is 29.3 Å². The van der Waals surface area contributed by atoms with Crippen molar-refractivity contribution in [3.8, 4) is 0 Å². The van der Waals surface area contributed by atoms with Crippen LogP contribution in [0.3, 0.4) is 0 Å². The van der Waals surface area contributed by atoms with E-state index in [9.17, 15) is 4.79 Å². The molecule has 1 saturated heterocycles. The maximum atomic E-state index is 11.2. The smallest absolute Gasteiger partial charge is 0.305 e. The lowest BCUT2D eigenvalue weighted by Crippen LogP contribution is -2.46. The molecular formula is C21H32Cl2N6O2. The Hall–Kier alpha value is -1.48. The lowest BCUT2D eigenvalue weighted by Gasteiger charge is -2.34. The monoisotopic (exact) mass is 470 g/mol. The van der Waals surface area contributed by atoms with E-state index in [4.69, 9.17) is 27.9 Å². The van der Waals surface area contributed by atoms with Gasteiger partial charge in [0.05, 0.1) is 7.11 Å². The molecule has 0 radical (unpaired) electrons. The molecule has 0 atom stereocenters. The molecule has 172 valence electrons. The van der Waals surface area contributed by atoms with Gasteiger partial charge in [0.2, 0.25) is 5.28 Å². The van der Waals surface area contributed by atoms with Crippen LogP contribution in [0, 0.1) is 6.92 Å². The van der Waals surface area contributed by atoms with E-state index in [0.29, 0.717) is 17.2 Å². The molecule has 10 heteroatoms. The van der Waals surface area contributed by atoms with Gasteiger partial charge in [0.1, 0.15) is 11.3 Å². The predicted octanol–water partition coefficient (Wildman–Crippen LogP) is 3.57. The number of halogens is 2. The average molecular weight is 471 g/mol. The minimum atomic E-state index is -0.115. The molecule has 3 heterocycles. The molecule has 1 aliphatic rings. The molecule has 8 nitrogen and oxygen atoms in total. The maximum absolute atomic E-state index is 11.2. The van der Waals surface area contributed by atoms with E-state index in [1.807, 2.05) is 6.92 Å². The van der Waals surface area contributed by atoms with Crippen molar-refractivity contribution in [2.24, 2.45) is 0 Å². The number of piperazine rings is 1. The Balaban J connectivity index is 1.29. The fraction of sp³-hybridized carbons (Fsp3) is 0.714. The third-order valence-electron chi connectivity index (χ3n) is 5.88. The zero-order valence-electron chi connectivity index (χ0n) is 18.4. The molecule has 0 unspecified atom stereocenters. The van der Waals surface area contributed by atoms with Gasteiger partial charge in [0.15, 0.2) is 10.8 Å². The number of fused-ring (bicyclic) bond motifs is 1. The van der Waals surface area contributed by atoms with Crippen LogP contribution in [-0.2, 0) is 16.1 Å². The van der Waals surface area contributed by atoms with E-state index in [1.54, 1.807) is 0 Å². The normalized spacial score (nSPS) is 15.6. The molecule has 0 aromatic carbocycles. The van der Waals surface area contributed by atoms with Gasteiger partial charge < -0.3 is 19.1 Å². The largest absolute Gasteiger partial charge is 0.469 e. The summed E-state index contributed by atoms with van der Waals surface area (Å²) in [5.74, 6) is 0.772. The lowest BCUT2D eigenvalue weighted by molar-refractivity contribution is -0.140. The van der Waals surface area contributed by atoms with Crippen LogP contribution < -0.4 is 0 Å². The van der Waals surface area contributed by atoms with Gasteiger partial charge in [-0.1, -0.05) is 24.4 Å². The van der Waals surface area contributed by atoms with Crippen LogP contribution in [0.2, 0.25) is 10.4 Å². The third-order valence-corrected chi connectivity index (χ3v) is 6.31. The quantitative estimate of drug-likeness (QED) is 0.215. The van der Waals surface area contributed by atoms with Crippen molar-refractivity contribution in [3.63, 3.8) is 0 Å². The second kappa shape index (κ2) is 11.9. The van der Waals surface area contributed by atoms with Crippen LogP contribution in [-0.4, -0.2) is 81.7 Å². The molecule has 1 fully saturated rings. The van der Waals surface area contributed by atoms with E-state index in [1.165, 1.54) is 26.4 Å². The molecule has 1 aliphatic heterocycles. The van der Waals surface area contributed by atoms with Crippen LogP contribution in [0.25, 0.3) is 11.2 Å². The zero-order valence-corrected chi connectivity index (χ0v) is 20.0. The Labute approximate surface area is 193 Å². The number of rotatable bonds is 11. The molecule has 0 N–H and O–H groups in total. The van der Waals surface area contributed by atoms with Gasteiger partial charge in [-0.25, -0.2) is 9.97 Å². The lowest BCUT2D eigenvalue weighted by atomic mass is 10.1. The van der Waals surface area contributed by atoms with Gasteiger partial charge in [-0.2, -0.15) is 4.98 Å². The number of aryl methyl sites for hydroxylation is 2. The highest BCUT2D eigenvalue weighted by molar-refractivity contribution is 6.35. The van der Waals surface area contributed by atoms with Crippen LogP contribution >= 0.6 is 23.2 Å². The maximum Gasteiger partial charge on any atom is 0.305 e. The van der Waals surface area contributed by atoms with E-state index in [2.05, 4.69) is 29.3 Å². The first-order valence-corrected chi connectivity index (χ1v) is 11.8. The first kappa shape index (κ1) is 24.2. The molecule has 2 aromatic heterocycles. The summed E-state index contributed by atoms with van der Waals surface area (Å²) < 4.78 is 6.79. The van der Waals surface area contributed by atoms with Crippen molar-refractivity contribution in [2.45, 2.75) is 52.0 Å². The predicted molar refractivity (Wildman–Crippen MR) is 123 cm³/mol. The van der Waals surface area contributed by atoms with Crippen molar-refractivity contribution in [1.29, 1.82) is 0 Å². The Morgan fingerprint density at radius 2 is 1.52 bits per heavy atom. The van der Waals surface area contributed by atoms with Gasteiger partial charge in [0, 0.05) is 39.1 Å². The molecule has 3 rings (SSSR count). The number of unbranched alkanes of at least 4 members (excludes halogenated alkanes) is 3. The fourth-order valence-electron chi connectivity index (χ4n) is 4.10. The summed E-state index contributed by atoms with van der Waals surface area (Å²) >= 11 is 12.1. The first-order chi connectivity index (χ1) is 15.0. The molecule has 2 aromatic rings. The number of hydrogen-bond acceptors (Lipinski definition) is 7. The summed E-state index contributed by atoms with van der Waals surface area (Å²) in [6, 6.07) is 0. The fourth-order valence-corrected chi connectivity index (χ4v) is 4.57. The van der Waals surface area contributed by atoms with Crippen molar-refractivity contribution < 1.29 is 9.53 Å². The molecule has 31 heavy (non-hydrogen) atoms. The standard InChI is InChI=1S/C21H32Cl2N6O2/c1-16-24-20-18(19(22)25-21(23)26-20)29(16)11-6-4-3-5-9-27-12-14-28(15-13-27)10-7-8-17(30)31-2/h3-15H2,1-2H3. The number of esters is 1. The summed E-state index contributed by atoms with van der Waals surface area (Å²) in [6.45, 7) is 9.34. The van der Waals surface area contributed by atoms with Crippen molar-refractivity contribution in [2.75, 3.05) is 46.4 Å². The number of carbonyl (C=O) groups is 1. The number of hydrogen-bond donors (Lipinski definition) is 0. The second-order valence-electron chi connectivity index (χ2n) is 8.04. The summed E-state index contributed by atoms with van der Waals surface area (Å²) in [6.07, 6.45) is 6.05. The van der Waals surface area contributed by atoms with E-state index in [0.717, 1.165) is 70.0 Å². The number of carbonyl (C=O) groups excluding carboxylic acids is 1. The summed E-state index contributed by atoms with van der Waals surface area (Å²) in [5, 5.41) is 0.490. The van der Waals surface area contributed by atoms with Crippen LogP contribution in [0.15, 0.2) is 0 Å². The van der Waals surface area contributed by atoms with Crippen molar-refractivity contribution in [3.05, 3.63) is 16.3 Å².